The molecule has 3 rings (SSSR count). The number of halogens is 1. The molecule has 0 aliphatic carbocycles. The van der Waals surface area contributed by atoms with Crippen LogP contribution in [0.2, 0.25) is 5.02 Å². The van der Waals surface area contributed by atoms with Crippen LogP contribution in [0.15, 0.2) is 78.4 Å². The highest BCUT2D eigenvalue weighted by atomic mass is 35.5. The molecule has 0 radical (unpaired) electrons. The first-order chi connectivity index (χ1) is 14.9. The summed E-state index contributed by atoms with van der Waals surface area (Å²) in [6.07, 6.45) is 0.138. The maximum atomic E-state index is 13.4. The molecule has 0 saturated heterocycles. The number of benzene rings is 3. The lowest BCUT2D eigenvalue weighted by Gasteiger charge is -2.14. The molecule has 0 aromatic heterocycles. The smallest absolute Gasteiger partial charge is 0.336 e. The topological polar surface area (TPSA) is 72.8 Å². The second kappa shape index (κ2) is 9.96. The SMILES string of the molecule is COc1ccc(C/C(C(=O)c2ccc(OC)cc2)=C(/C(=O)O)c2ccc(Cl)cc2)cc1. The fourth-order valence-corrected chi connectivity index (χ4v) is 3.32. The van der Waals surface area contributed by atoms with Crippen LogP contribution >= 0.6 is 11.6 Å². The van der Waals surface area contributed by atoms with Crippen molar-refractivity contribution >= 4 is 28.9 Å². The highest BCUT2D eigenvalue weighted by molar-refractivity contribution is 6.31. The minimum Gasteiger partial charge on any atom is -0.497 e. The molecule has 0 amide bonds. The van der Waals surface area contributed by atoms with Gasteiger partial charge in [-0.15, -0.1) is 0 Å². The van der Waals surface area contributed by atoms with E-state index in [9.17, 15) is 14.7 Å². The fourth-order valence-electron chi connectivity index (χ4n) is 3.19. The van der Waals surface area contributed by atoms with Crippen molar-refractivity contribution in [3.05, 3.63) is 100 Å². The monoisotopic (exact) mass is 436 g/mol. The molecule has 0 saturated carbocycles. The zero-order valence-electron chi connectivity index (χ0n) is 17.1. The standard InChI is InChI=1S/C25H21ClO5/c1-30-20-11-3-16(4-12-20)15-22(24(27)18-7-13-21(31-2)14-8-18)23(25(28)29)17-5-9-19(26)10-6-17/h3-14H,15H2,1-2H3,(H,28,29)/b23-22-. The Morgan fingerprint density at radius 2 is 1.26 bits per heavy atom. The van der Waals surface area contributed by atoms with Crippen LogP contribution in [-0.4, -0.2) is 31.1 Å². The molecule has 0 aliphatic rings. The maximum absolute atomic E-state index is 13.4. The Bertz CT molecular complexity index is 1100. The molecule has 0 heterocycles. The molecule has 158 valence electrons. The van der Waals surface area contributed by atoms with E-state index >= 15 is 0 Å². The van der Waals surface area contributed by atoms with Gasteiger partial charge >= 0.3 is 5.97 Å². The molecule has 6 heteroatoms. The summed E-state index contributed by atoms with van der Waals surface area (Å²) < 4.78 is 10.3. The molecule has 3 aromatic rings. The molecule has 0 fully saturated rings. The zero-order valence-corrected chi connectivity index (χ0v) is 17.8. The van der Waals surface area contributed by atoms with E-state index in [2.05, 4.69) is 0 Å². The van der Waals surface area contributed by atoms with E-state index in [0.717, 1.165) is 5.56 Å². The number of carboxylic acids is 1. The lowest BCUT2D eigenvalue weighted by atomic mass is 9.89. The summed E-state index contributed by atoms with van der Waals surface area (Å²) in [5.41, 5.74) is 1.67. The molecule has 0 bridgehead atoms. The summed E-state index contributed by atoms with van der Waals surface area (Å²) in [4.78, 5) is 25.7. The molecular weight excluding hydrogens is 416 g/mol. The molecule has 0 atom stereocenters. The normalized spacial score (nSPS) is 11.5. The summed E-state index contributed by atoms with van der Waals surface area (Å²) in [5.74, 6) is -0.279. The molecule has 0 unspecified atom stereocenters. The van der Waals surface area contributed by atoms with Gasteiger partial charge in [-0.2, -0.15) is 0 Å². The number of carbonyl (C=O) groups excluding carboxylic acids is 1. The van der Waals surface area contributed by atoms with E-state index in [1.807, 2.05) is 12.1 Å². The Hall–Kier alpha value is -3.57. The summed E-state index contributed by atoms with van der Waals surface area (Å²) in [6, 6.07) is 20.1. The zero-order chi connectivity index (χ0) is 22.4. The van der Waals surface area contributed by atoms with Gasteiger partial charge in [-0.3, -0.25) is 4.79 Å². The average Bonchev–Trinajstić information content (AvgIpc) is 2.79. The molecule has 1 N–H and O–H groups in total. The Balaban J connectivity index is 2.14. The van der Waals surface area contributed by atoms with Crippen molar-refractivity contribution in [1.82, 2.24) is 0 Å². The van der Waals surface area contributed by atoms with Crippen molar-refractivity contribution in [3.63, 3.8) is 0 Å². The molecule has 31 heavy (non-hydrogen) atoms. The van der Waals surface area contributed by atoms with Gasteiger partial charge in [-0.1, -0.05) is 35.9 Å². The number of ether oxygens (including phenoxy) is 2. The minimum atomic E-state index is -1.19. The number of aliphatic carboxylic acids is 1. The third-order valence-electron chi connectivity index (χ3n) is 4.81. The Labute approximate surface area is 185 Å². The fraction of sp³-hybridized carbons (Fsp3) is 0.120. The average molecular weight is 437 g/mol. The van der Waals surface area contributed by atoms with Crippen LogP contribution in [0.5, 0.6) is 11.5 Å². The van der Waals surface area contributed by atoms with E-state index in [-0.39, 0.29) is 23.4 Å². The first-order valence-corrected chi connectivity index (χ1v) is 9.84. The number of hydrogen-bond acceptors (Lipinski definition) is 4. The molecular formula is C25H21ClO5. The van der Waals surface area contributed by atoms with Crippen molar-refractivity contribution in [2.24, 2.45) is 0 Å². The predicted octanol–water partition coefficient (Wildman–Crippen LogP) is 5.32. The van der Waals surface area contributed by atoms with Gasteiger partial charge in [0, 0.05) is 22.6 Å². The van der Waals surface area contributed by atoms with E-state index in [0.29, 0.717) is 27.6 Å². The van der Waals surface area contributed by atoms with Gasteiger partial charge in [0.05, 0.1) is 19.8 Å². The van der Waals surface area contributed by atoms with Crippen LogP contribution in [0.3, 0.4) is 0 Å². The van der Waals surface area contributed by atoms with E-state index in [4.69, 9.17) is 21.1 Å². The third kappa shape index (κ3) is 5.32. The number of allylic oxidation sites excluding steroid dienone is 1. The molecule has 5 nitrogen and oxygen atoms in total. The number of carbonyl (C=O) groups is 2. The highest BCUT2D eigenvalue weighted by Crippen LogP contribution is 2.28. The summed E-state index contributed by atoms with van der Waals surface area (Å²) in [7, 11) is 3.10. The van der Waals surface area contributed by atoms with Crippen LogP contribution in [0, 0.1) is 0 Å². The maximum Gasteiger partial charge on any atom is 0.336 e. The van der Waals surface area contributed by atoms with Gasteiger partial charge in [-0.25, -0.2) is 4.79 Å². The Morgan fingerprint density at radius 3 is 1.74 bits per heavy atom. The number of hydrogen-bond donors (Lipinski definition) is 1. The largest absolute Gasteiger partial charge is 0.497 e. The highest BCUT2D eigenvalue weighted by Gasteiger charge is 2.24. The Morgan fingerprint density at radius 1 is 0.774 bits per heavy atom. The quantitative estimate of drug-likeness (QED) is 0.382. The summed E-state index contributed by atoms with van der Waals surface area (Å²) in [6.45, 7) is 0. The van der Waals surface area contributed by atoms with Crippen LogP contribution in [0.1, 0.15) is 21.5 Å². The lowest BCUT2D eigenvalue weighted by molar-refractivity contribution is -0.130. The van der Waals surface area contributed by atoms with Crippen LogP contribution in [-0.2, 0) is 11.2 Å². The first kappa shape index (κ1) is 22.1. The predicted molar refractivity (Wildman–Crippen MR) is 120 cm³/mol. The van der Waals surface area contributed by atoms with Gasteiger partial charge in [-0.05, 0) is 59.7 Å². The first-order valence-electron chi connectivity index (χ1n) is 9.47. The third-order valence-corrected chi connectivity index (χ3v) is 5.07. The second-order valence-corrected chi connectivity index (χ2v) is 7.18. The van der Waals surface area contributed by atoms with Crippen molar-refractivity contribution in [1.29, 1.82) is 0 Å². The van der Waals surface area contributed by atoms with Gasteiger partial charge in [0.2, 0.25) is 0 Å². The molecule has 3 aromatic carbocycles. The van der Waals surface area contributed by atoms with Gasteiger partial charge in [0.25, 0.3) is 0 Å². The van der Waals surface area contributed by atoms with Crippen molar-refractivity contribution < 1.29 is 24.2 Å². The van der Waals surface area contributed by atoms with E-state index in [1.165, 1.54) is 7.11 Å². The number of Topliss-reactive ketones (excluding diaryl/α,β-unsaturated/α-hetero) is 1. The van der Waals surface area contributed by atoms with E-state index < -0.39 is 5.97 Å². The van der Waals surface area contributed by atoms with Crippen molar-refractivity contribution in [2.45, 2.75) is 6.42 Å². The van der Waals surface area contributed by atoms with Crippen LogP contribution in [0.25, 0.3) is 5.57 Å². The van der Waals surface area contributed by atoms with Crippen LogP contribution < -0.4 is 9.47 Å². The molecule has 0 spiro atoms. The van der Waals surface area contributed by atoms with Crippen molar-refractivity contribution in [2.75, 3.05) is 14.2 Å². The molecule has 0 aliphatic heterocycles. The number of carboxylic acid groups (broad SMARTS) is 1. The summed E-state index contributed by atoms with van der Waals surface area (Å²) >= 11 is 5.97. The number of rotatable bonds is 8. The lowest BCUT2D eigenvalue weighted by Crippen LogP contribution is -2.14. The van der Waals surface area contributed by atoms with Gasteiger partial charge < -0.3 is 14.6 Å². The minimum absolute atomic E-state index is 0.0618. The number of ketones is 1. The van der Waals surface area contributed by atoms with Crippen molar-refractivity contribution in [3.8, 4) is 11.5 Å². The van der Waals surface area contributed by atoms with Gasteiger partial charge in [0.1, 0.15) is 11.5 Å². The summed E-state index contributed by atoms with van der Waals surface area (Å²) in [5, 5.41) is 10.5. The van der Waals surface area contributed by atoms with E-state index in [1.54, 1.807) is 67.8 Å². The van der Waals surface area contributed by atoms with Crippen LogP contribution in [0.4, 0.5) is 0 Å². The number of methoxy groups -OCH3 is 2. The Kier molecular flexibility index (Phi) is 7.11. The van der Waals surface area contributed by atoms with Gasteiger partial charge in [0.15, 0.2) is 5.78 Å². The second-order valence-electron chi connectivity index (χ2n) is 6.75.